The van der Waals surface area contributed by atoms with Crippen molar-refractivity contribution in [3.63, 3.8) is 0 Å². The Bertz CT molecular complexity index is 183. The van der Waals surface area contributed by atoms with Gasteiger partial charge in [0.1, 0.15) is 0 Å². The van der Waals surface area contributed by atoms with Gasteiger partial charge in [-0.3, -0.25) is 9.69 Å². The monoisotopic (exact) mass is 229 g/mol. The third kappa shape index (κ3) is 7.65. The summed E-state index contributed by atoms with van der Waals surface area (Å²) in [5.74, 6) is 0.0793. The number of nitrogens with two attached hydrogens (primary N) is 1. The molecule has 1 amide bonds. The average molecular weight is 229 g/mol. The fourth-order valence-corrected chi connectivity index (χ4v) is 1.54. The molecule has 0 rings (SSSR count). The maximum atomic E-state index is 11.5. The van der Waals surface area contributed by atoms with Crippen LogP contribution in [0.15, 0.2) is 0 Å². The van der Waals surface area contributed by atoms with Gasteiger partial charge in [0.25, 0.3) is 0 Å². The SMILES string of the molecule is CCCCCN(CC(=O)NCCN)C(C)C. The van der Waals surface area contributed by atoms with Gasteiger partial charge in [0.15, 0.2) is 0 Å². The van der Waals surface area contributed by atoms with E-state index >= 15 is 0 Å². The van der Waals surface area contributed by atoms with Gasteiger partial charge in [-0.25, -0.2) is 0 Å². The zero-order valence-corrected chi connectivity index (χ0v) is 11.0. The molecule has 4 nitrogen and oxygen atoms in total. The van der Waals surface area contributed by atoms with Crippen molar-refractivity contribution in [1.29, 1.82) is 0 Å². The number of carbonyl (C=O) groups is 1. The van der Waals surface area contributed by atoms with Crippen molar-refractivity contribution in [2.24, 2.45) is 5.73 Å². The lowest BCUT2D eigenvalue weighted by atomic mass is 10.2. The third-order valence-corrected chi connectivity index (χ3v) is 2.59. The van der Waals surface area contributed by atoms with Crippen LogP contribution in [0.5, 0.6) is 0 Å². The van der Waals surface area contributed by atoms with Crippen molar-refractivity contribution in [3.8, 4) is 0 Å². The van der Waals surface area contributed by atoms with E-state index in [1.807, 2.05) is 0 Å². The van der Waals surface area contributed by atoms with Crippen LogP contribution in [0.25, 0.3) is 0 Å². The highest BCUT2D eigenvalue weighted by Crippen LogP contribution is 2.02. The van der Waals surface area contributed by atoms with Gasteiger partial charge < -0.3 is 11.1 Å². The summed E-state index contributed by atoms with van der Waals surface area (Å²) in [6, 6.07) is 0.417. The molecule has 0 bridgehead atoms. The predicted molar refractivity (Wildman–Crippen MR) is 68.3 cm³/mol. The van der Waals surface area contributed by atoms with Crippen LogP contribution >= 0.6 is 0 Å². The Morgan fingerprint density at radius 1 is 1.38 bits per heavy atom. The minimum absolute atomic E-state index is 0.0793. The van der Waals surface area contributed by atoms with Crippen LogP contribution in [0.1, 0.15) is 40.0 Å². The van der Waals surface area contributed by atoms with E-state index in [2.05, 4.69) is 31.0 Å². The molecule has 96 valence electrons. The molecule has 0 unspecified atom stereocenters. The highest BCUT2D eigenvalue weighted by Gasteiger charge is 2.12. The van der Waals surface area contributed by atoms with Crippen LogP contribution in [0.3, 0.4) is 0 Å². The van der Waals surface area contributed by atoms with Crippen molar-refractivity contribution in [2.45, 2.75) is 46.1 Å². The van der Waals surface area contributed by atoms with E-state index in [0.29, 0.717) is 25.7 Å². The highest BCUT2D eigenvalue weighted by atomic mass is 16.2. The Labute approximate surface area is 99.6 Å². The Balaban J connectivity index is 3.87. The van der Waals surface area contributed by atoms with Gasteiger partial charge in [-0.1, -0.05) is 19.8 Å². The third-order valence-electron chi connectivity index (χ3n) is 2.59. The van der Waals surface area contributed by atoms with E-state index in [1.165, 1.54) is 19.3 Å². The molecule has 0 aliphatic rings. The molecular weight excluding hydrogens is 202 g/mol. The topological polar surface area (TPSA) is 58.4 Å². The van der Waals surface area contributed by atoms with Crippen LogP contribution in [-0.2, 0) is 4.79 Å². The van der Waals surface area contributed by atoms with Crippen molar-refractivity contribution in [2.75, 3.05) is 26.2 Å². The molecule has 0 aromatic heterocycles. The highest BCUT2D eigenvalue weighted by molar-refractivity contribution is 5.78. The number of carbonyl (C=O) groups excluding carboxylic acids is 1. The lowest BCUT2D eigenvalue weighted by molar-refractivity contribution is -0.122. The number of nitrogens with zero attached hydrogens (tertiary/aromatic N) is 1. The fourth-order valence-electron chi connectivity index (χ4n) is 1.54. The minimum Gasteiger partial charge on any atom is -0.354 e. The van der Waals surface area contributed by atoms with Crippen LogP contribution in [0.4, 0.5) is 0 Å². The van der Waals surface area contributed by atoms with E-state index in [1.54, 1.807) is 0 Å². The Morgan fingerprint density at radius 2 is 2.06 bits per heavy atom. The summed E-state index contributed by atoms with van der Waals surface area (Å²) < 4.78 is 0. The first-order valence-electron chi connectivity index (χ1n) is 6.32. The Kier molecular flexibility index (Phi) is 9.24. The molecule has 16 heavy (non-hydrogen) atoms. The molecule has 3 N–H and O–H groups in total. The zero-order chi connectivity index (χ0) is 12.4. The molecule has 0 radical (unpaired) electrons. The maximum Gasteiger partial charge on any atom is 0.234 e. The summed E-state index contributed by atoms with van der Waals surface area (Å²) in [6.07, 6.45) is 3.61. The van der Waals surface area contributed by atoms with Crippen LogP contribution in [0.2, 0.25) is 0 Å². The first-order valence-corrected chi connectivity index (χ1v) is 6.32. The molecule has 0 aromatic carbocycles. The van der Waals surface area contributed by atoms with Gasteiger partial charge >= 0.3 is 0 Å². The quantitative estimate of drug-likeness (QED) is 0.579. The van der Waals surface area contributed by atoms with Crippen LogP contribution in [0, 0.1) is 0 Å². The molecule has 0 aliphatic heterocycles. The van der Waals surface area contributed by atoms with Crippen molar-refractivity contribution in [3.05, 3.63) is 0 Å². The average Bonchev–Trinajstić information content (AvgIpc) is 2.25. The smallest absolute Gasteiger partial charge is 0.234 e. The Hall–Kier alpha value is -0.610. The summed E-state index contributed by atoms with van der Waals surface area (Å²) in [6.45, 7) is 9.00. The summed E-state index contributed by atoms with van der Waals surface area (Å²) in [5.41, 5.74) is 5.34. The molecular formula is C12H27N3O. The van der Waals surface area contributed by atoms with E-state index in [9.17, 15) is 4.79 Å². The van der Waals surface area contributed by atoms with Gasteiger partial charge in [-0.15, -0.1) is 0 Å². The lowest BCUT2D eigenvalue weighted by Gasteiger charge is -2.25. The second-order valence-electron chi connectivity index (χ2n) is 4.41. The van der Waals surface area contributed by atoms with Gasteiger partial charge in [-0.2, -0.15) is 0 Å². The molecule has 0 aromatic rings. The van der Waals surface area contributed by atoms with E-state index in [-0.39, 0.29) is 5.91 Å². The van der Waals surface area contributed by atoms with E-state index in [4.69, 9.17) is 5.73 Å². The van der Waals surface area contributed by atoms with Gasteiger partial charge in [0.05, 0.1) is 6.54 Å². The number of unbranched alkanes of at least 4 members (excludes halogenated alkanes) is 2. The minimum atomic E-state index is 0.0793. The first kappa shape index (κ1) is 15.4. The molecule has 0 fully saturated rings. The summed E-state index contributed by atoms with van der Waals surface area (Å²) in [4.78, 5) is 13.8. The number of hydrogen-bond acceptors (Lipinski definition) is 3. The molecule has 0 saturated carbocycles. The van der Waals surface area contributed by atoms with Crippen LogP contribution in [-0.4, -0.2) is 43.0 Å². The second-order valence-corrected chi connectivity index (χ2v) is 4.41. The lowest BCUT2D eigenvalue weighted by Crippen LogP contribution is -2.42. The van der Waals surface area contributed by atoms with Crippen molar-refractivity contribution < 1.29 is 4.79 Å². The molecule has 0 saturated heterocycles. The van der Waals surface area contributed by atoms with Crippen molar-refractivity contribution in [1.82, 2.24) is 10.2 Å². The van der Waals surface area contributed by atoms with Gasteiger partial charge in [-0.05, 0) is 26.8 Å². The Morgan fingerprint density at radius 3 is 2.56 bits per heavy atom. The second kappa shape index (κ2) is 9.60. The largest absolute Gasteiger partial charge is 0.354 e. The first-order chi connectivity index (χ1) is 7.61. The number of amides is 1. The predicted octanol–water partition coefficient (Wildman–Crippen LogP) is 0.962. The molecule has 0 heterocycles. The van der Waals surface area contributed by atoms with E-state index in [0.717, 1.165) is 6.54 Å². The van der Waals surface area contributed by atoms with Crippen LogP contribution < -0.4 is 11.1 Å². The number of nitrogens with one attached hydrogen (secondary N) is 1. The number of rotatable bonds is 9. The van der Waals surface area contributed by atoms with Crippen molar-refractivity contribution >= 4 is 5.91 Å². The summed E-state index contributed by atoms with van der Waals surface area (Å²) in [5, 5.41) is 2.80. The summed E-state index contributed by atoms with van der Waals surface area (Å²) >= 11 is 0. The molecule has 0 spiro atoms. The number of hydrogen-bond donors (Lipinski definition) is 2. The normalized spacial score (nSPS) is 11.1. The summed E-state index contributed by atoms with van der Waals surface area (Å²) in [7, 11) is 0. The molecule has 0 aliphatic carbocycles. The zero-order valence-electron chi connectivity index (χ0n) is 11.0. The molecule has 4 heteroatoms. The fraction of sp³-hybridized carbons (Fsp3) is 0.917. The standard InChI is InChI=1S/C12H27N3O/c1-4-5-6-9-15(11(2)3)10-12(16)14-8-7-13/h11H,4-10,13H2,1-3H3,(H,14,16). The van der Waals surface area contributed by atoms with Gasteiger partial charge in [0.2, 0.25) is 5.91 Å². The maximum absolute atomic E-state index is 11.5. The van der Waals surface area contributed by atoms with Gasteiger partial charge in [0, 0.05) is 19.1 Å². The van der Waals surface area contributed by atoms with E-state index < -0.39 is 0 Å². The molecule has 0 atom stereocenters.